The third-order valence-electron chi connectivity index (χ3n) is 10.1. The fourth-order valence-corrected chi connectivity index (χ4v) is 8.14. The van der Waals surface area contributed by atoms with Gasteiger partial charge in [-0.15, -0.1) is 0 Å². The van der Waals surface area contributed by atoms with Gasteiger partial charge in [0, 0.05) is 63.2 Å². The van der Waals surface area contributed by atoms with Gasteiger partial charge < -0.3 is 14.8 Å². The lowest BCUT2D eigenvalue weighted by Gasteiger charge is -2.33. The highest BCUT2D eigenvalue weighted by molar-refractivity contribution is 7.90. The molecule has 2 aromatic carbocycles. The molecule has 2 N–H and O–H groups in total. The largest absolute Gasteiger partial charge is 0.371 e. The molecule has 4 aromatic rings. The van der Waals surface area contributed by atoms with Crippen molar-refractivity contribution in [3.63, 3.8) is 0 Å². The first-order valence-electron chi connectivity index (χ1n) is 17.5. The minimum atomic E-state index is -3.79. The highest BCUT2D eigenvalue weighted by Gasteiger charge is 2.45. The minimum Gasteiger partial charge on any atom is -0.371 e. The molecule has 0 bridgehead atoms. The minimum absolute atomic E-state index is 0.0443. The molecule has 3 aliphatic heterocycles. The van der Waals surface area contributed by atoms with Crippen molar-refractivity contribution in [2.75, 3.05) is 29.6 Å². The summed E-state index contributed by atoms with van der Waals surface area (Å²) in [5, 5.41) is 4.77. The first-order chi connectivity index (χ1) is 26.1. The molecule has 0 saturated carbocycles. The van der Waals surface area contributed by atoms with Crippen molar-refractivity contribution in [1.82, 2.24) is 28.9 Å². The lowest BCUT2D eigenvalue weighted by molar-refractivity contribution is -0.136. The normalized spacial score (nSPS) is 17.6. The number of imidazole rings is 1. The number of benzene rings is 2. The van der Waals surface area contributed by atoms with E-state index in [1.54, 1.807) is 42.5 Å². The predicted molar refractivity (Wildman–Crippen MR) is 198 cm³/mol. The first kappa shape index (κ1) is 37.0. The number of imide groups is 2. The molecule has 7 rings (SSSR count). The van der Waals surface area contributed by atoms with Gasteiger partial charge >= 0.3 is 5.69 Å². The van der Waals surface area contributed by atoms with E-state index in [-0.39, 0.29) is 65.1 Å². The summed E-state index contributed by atoms with van der Waals surface area (Å²) in [6.07, 6.45) is 2.80. The number of rotatable bonds is 7. The van der Waals surface area contributed by atoms with Crippen LogP contribution < -0.4 is 26.8 Å². The maximum atomic E-state index is 13.3. The molecule has 1 atom stereocenters. The van der Waals surface area contributed by atoms with Gasteiger partial charge in [0.1, 0.15) is 6.04 Å². The predicted octanol–water partition coefficient (Wildman–Crippen LogP) is 0.535. The standard InChI is InChI=1S/C37H36N8O9S/c1-41-30-31(40-36(41)55(3,53)54)44(37(52)42(2)35(30)51)15-5-7-21-6-4-8-23(18-21)38-29(47)19-22-13-16-43(17-14-22)24-9-10-25-26(20-24)34(50)45(33(25)49)27-11-12-28(46)39-32(27)48/h4,6,8-10,18,20,22,27H,11-17,19H2,1-3H3,(H,38,47)(H,39,46,48). The molecule has 3 aliphatic rings. The number of fused-ring (bicyclic) bond motifs is 2. The van der Waals surface area contributed by atoms with E-state index in [1.165, 1.54) is 14.1 Å². The summed E-state index contributed by atoms with van der Waals surface area (Å²) < 4.78 is 27.6. The summed E-state index contributed by atoms with van der Waals surface area (Å²) in [5.41, 5.74) is 0.761. The van der Waals surface area contributed by atoms with Crippen LogP contribution in [0.4, 0.5) is 11.4 Å². The second kappa shape index (κ2) is 14.1. The molecule has 1 unspecified atom stereocenters. The lowest BCUT2D eigenvalue weighted by Crippen LogP contribution is -2.54. The van der Waals surface area contributed by atoms with E-state index in [4.69, 9.17) is 0 Å². The molecule has 0 spiro atoms. The van der Waals surface area contributed by atoms with Crippen molar-refractivity contribution in [3.8, 4) is 11.8 Å². The highest BCUT2D eigenvalue weighted by Crippen LogP contribution is 2.32. The Morgan fingerprint density at radius 1 is 0.945 bits per heavy atom. The van der Waals surface area contributed by atoms with Gasteiger partial charge in [-0.2, -0.15) is 4.98 Å². The van der Waals surface area contributed by atoms with Crippen LogP contribution in [0.15, 0.2) is 57.2 Å². The van der Waals surface area contributed by atoms with Crippen LogP contribution in [0.3, 0.4) is 0 Å². The molecule has 55 heavy (non-hydrogen) atoms. The number of nitrogens with zero attached hydrogens (tertiary/aromatic N) is 6. The van der Waals surface area contributed by atoms with E-state index in [0.29, 0.717) is 37.2 Å². The number of carbonyl (C=O) groups is 5. The van der Waals surface area contributed by atoms with E-state index in [1.807, 2.05) is 0 Å². The van der Waals surface area contributed by atoms with E-state index in [0.717, 1.165) is 30.5 Å². The van der Waals surface area contributed by atoms with Crippen molar-refractivity contribution in [3.05, 3.63) is 80.0 Å². The van der Waals surface area contributed by atoms with Crippen molar-refractivity contribution >= 4 is 61.9 Å². The van der Waals surface area contributed by atoms with Crippen LogP contribution in [-0.2, 0) is 44.9 Å². The van der Waals surface area contributed by atoms with Crippen molar-refractivity contribution in [2.45, 2.75) is 49.8 Å². The third kappa shape index (κ3) is 6.94. The molecule has 2 aromatic heterocycles. The Kier molecular flexibility index (Phi) is 9.51. The van der Waals surface area contributed by atoms with Crippen LogP contribution in [0.1, 0.15) is 58.4 Å². The maximum absolute atomic E-state index is 13.3. The summed E-state index contributed by atoms with van der Waals surface area (Å²) >= 11 is 0. The third-order valence-corrected chi connectivity index (χ3v) is 11.2. The topological polar surface area (TPSA) is 212 Å². The SMILES string of the molecule is Cn1c(=O)c2c(nc(S(C)(=O)=O)n2C)n(CC#Cc2cccc(NC(=O)CC3CCN(c4ccc5c(c4)C(=O)N(C4CCC(=O)NC4=O)C5=O)CC3)c2)c1=O. The summed E-state index contributed by atoms with van der Waals surface area (Å²) in [6, 6.07) is 10.9. The smallest absolute Gasteiger partial charge is 0.333 e. The number of amides is 5. The number of nitrogens with one attached hydrogen (secondary N) is 2. The molecule has 17 nitrogen and oxygen atoms in total. The number of hydrogen-bond acceptors (Lipinski definition) is 11. The van der Waals surface area contributed by atoms with E-state index >= 15 is 0 Å². The Labute approximate surface area is 313 Å². The van der Waals surface area contributed by atoms with Crippen LogP contribution in [-0.4, -0.2) is 86.9 Å². The van der Waals surface area contributed by atoms with Crippen molar-refractivity contribution < 1.29 is 32.4 Å². The Hall–Kier alpha value is -6.35. The summed E-state index contributed by atoms with van der Waals surface area (Å²) in [7, 11) is -1.11. The van der Waals surface area contributed by atoms with Crippen molar-refractivity contribution in [1.29, 1.82) is 0 Å². The molecule has 2 fully saturated rings. The fraction of sp³-hybridized carbons (Fsp3) is 0.351. The van der Waals surface area contributed by atoms with Gasteiger partial charge in [0.15, 0.2) is 11.2 Å². The number of aromatic nitrogens is 4. The Morgan fingerprint density at radius 3 is 2.38 bits per heavy atom. The van der Waals surface area contributed by atoms with Crippen LogP contribution >= 0.6 is 0 Å². The Morgan fingerprint density at radius 2 is 1.67 bits per heavy atom. The number of piperidine rings is 2. The molecular weight excluding hydrogens is 733 g/mol. The van der Waals surface area contributed by atoms with E-state index in [9.17, 15) is 42.0 Å². The van der Waals surface area contributed by atoms with Gasteiger partial charge in [-0.25, -0.2) is 13.2 Å². The highest BCUT2D eigenvalue weighted by atomic mass is 32.2. The van der Waals surface area contributed by atoms with Gasteiger partial charge in [0.05, 0.1) is 17.7 Å². The molecule has 0 aliphatic carbocycles. The summed E-state index contributed by atoms with van der Waals surface area (Å²) in [4.78, 5) is 96.2. The van der Waals surface area contributed by atoms with E-state index < -0.39 is 50.8 Å². The number of sulfone groups is 1. The Bertz CT molecular complexity index is 2640. The zero-order chi connectivity index (χ0) is 39.3. The molecule has 2 saturated heterocycles. The number of anilines is 2. The van der Waals surface area contributed by atoms with Crippen LogP contribution in [0.25, 0.3) is 11.2 Å². The average Bonchev–Trinajstić information content (AvgIpc) is 3.62. The number of hydrogen-bond donors (Lipinski definition) is 2. The zero-order valence-electron chi connectivity index (χ0n) is 30.1. The molecule has 284 valence electrons. The van der Waals surface area contributed by atoms with Gasteiger partial charge in [-0.05, 0) is 61.6 Å². The van der Waals surface area contributed by atoms with E-state index in [2.05, 4.69) is 32.4 Å². The fourth-order valence-electron chi connectivity index (χ4n) is 7.30. The quantitative estimate of drug-likeness (QED) is 0.196. The molecular formula is C37H36N8O9S. The molecule has 18 heteroatoms. The second-order valence-corrected chi connectivity index (χ2v) is 15.8. The first-order valence-corrected chi connectivity index (χ1v) is 19.4. The second-order valence-electron chi connectivity index (χ2n) is 13.9. The van der Waals surface area contributed by atoms with Gasteiger partial charge in [-0.1, -0.05) is 17.9 Å². The van der Waals surface area contributed by atoms with Gasteiger partial charge in [0.2, 0.25) is 32.7 Å². The average molecular weight is 769 g/mol. The molecule has 5 amide bonds. The van der Waals surface area contributed by atoms with Gasteiger partial charge in [0.25, 0.3) is 17.4 Å². The van der Waals surface area contributed by atoms with Crippen molar-refractivity contribution in [2.24, 2.45) is 20.0 Å². The number of carbonyl (C=O) groups excluding carboxylic acids is 5. The zero-order valence-corrected chi connectivity index (χ0v) is 30.9. The van der Waals surface area contributed by atoms with Crippen LogP contribution in [0.5, 0.6) is 0 Å². The number of aryl methyl sites for hydroxylation is 1. The van der Waals surface area contributed by atoms with Crippen LogP contribution in [0.2, 0.25) is 0 Å². The maximum Gasteiger partial charge on any atom is 0.333 e. The lowest BCUT2D eigenvalue weighted by atomic mass is 9.92. The monoisotopic (exact) mass is 768 g/mol. The molecule has 5 heterocycles. The van der Waals surface area contributed by atoms with Gasteiger partial charge in [-0.3, -0.25) is 48.1 Å². The summed E-state index contributed by atoms with van der Waals surface area (Å²) in [6.45, 7) is 1.07. The molecule has 0 radical (unpaired) electrons. The summed E-state index contributed by atoms with van der Waals surface area (Å²) in [5.74, 6) is 3.56. The Balaban J connectivity index is 0.958. The van der Waals surface area contributed by atoms with Crippen LogP contribution in [0, 0.1) is 17.8 Å².